The molecule has 3 N–H and O–H groups in total. The third kappa shape index (κ3) is 4.98. The van der Waals surface area contributed by atoms with Gasteiger partial charge in [0.25, 0.3) is 0 Å². The number of nitrogen functional groups attached to an aromatic ring is 1. The Morgan fingerprint density at radius 1 is 1.06 bits per heavy atom. The highest BCUT2D eigenvalue weighted by Gasteiger charge is 2.26. The van der Waals surface area contributed by atoms with Crippen molar-refractivity contribution in [2.24, 2.45) is 0 Å². The monoisotopic (exact) mass is 429 g/mol. The van der Waals surface area contributed by atoms with Crippen LogP contribution in [0, 0.1) is 6.92 Å². The second kappa shape index (κ2) is 9.94. The van der Waals surface area contributed by atoms with Crippen LogP contribution in [0.15, 0.2) is 60.7 Å². The zero-order valence-electron chi connectivity index (χ0n) is 19.0. The molecule has 166 valence electrons. The standard InChI is InChI=1S/C26H31N5O/c1-18-25-23(29-26(27)28-18)16-20(17-24(25)30-32-15-9-14-31(2)3)22-13-8-7-12-21(22)19-10-5-4-6-11-19/h4-8,10-13,17,20,30H,9,14-16H2,1-3H3,(H2,27,28,29). The number of allylic oxidation sites excluding steroid dienone is 1. The summed E-state index contributed by atoms with van der Waals surface area (Å²) >= 11 is 0. The molecule has 1 heterocycles. The number of nitrogens with one attached hydrogen (secondary N) is 1. The number of aromatic nitrogens is 2. The van der Waals surface area contributed by atoms with Gasteiger partial charge in [0.05, 0.1) is 23.7 Å². The molecule has 1 unspecified atom stereocenters. The van der Waals surface area contributed by atoms with Crippen molar-refractivity contribution >= 4 is 11.6 Å². The summed E-state index contributed by atoms with van der Waals surface area (Å²) in [6.45, 7) is 3.56. The summed E-state index contributed by atoms with van der Waals surface area (Å²) in [5.41, 5.74) is 16.6. The fraction of sp³-hybridized carbons (Fsp3) is 0.308. The van der Waals surface area contributed by atoms with Crippen molar-refractivity contribution in [2.45, 2.75) is 25.7 Å². The number of nitrogens with two attached hydrogens (primary N) is 1. The zero-order valence-corrected chi connectivity index (χ0v) is 19.0. The van der Waals surface area contributed by atoms with E-state index in [1.807, 2.05) is 13.0 Å². The van der Waals surface area contributed by atoms with E-state index in [2.05, 4.69) is 89.1 Å². The van der Waals surface area contributed by atoms with E-state index in [0.717, 1.165) is 42.0 Å². The van der Waals surface area contributed by atoms with Crippen LogP contribution in [0.25, 0.3) is 16.8 Å². The molecule has 6 heteroatoms. The molecule has 0 saturated heterocycles. The molecule has 0 saturated carbocycles. The smallest absolute Gasteiger partial charge is 0.220 e. The van der Waals surface area contributed by atoms with Crippen LogP contribution in [0.2, 0.25) is 0 Å². The molecule has 1 aliphatic carbocycles. The molecule has 4 rings (SSSR count). The SMILES string of the molecule is Cc1nc(N)nc2c1C(NOCCCN(C)C)=CC(c1ccccc1-c1ccccc1)C2. The van der Waals surface area contributed by atoms with Crippen LogP contribution in [0.1, 0.15) is 34.9 Å². The zero-order chi connectivity index (χ0) is 22.5. The van der Waals surface area contributed by atoms with E-state index >= 15 is 0 Å². The number of fused-ring (bicyclic) bond motifs is 1. The lowest BCUT2D eigenvalue weighted by Crippen LogP contribution is -2.24. The first kappa shape index (κ1) is 22.0. The minimum absolute atomic E-state index is 0.139. The van der Waals surface area contributed by atoms with Crippen LogP contribution < -0.4 is 11.2 Å². The minimum atomic E-state index is 0.139. The molecule has 1 aromatic heterocycles. The van der Waals surface area contributed by atoms with Crippen LogP contribution in [-0.4, -0.2) is 42.1 Å². The van der Waals surface area contributed by atoms with E-state index in [1.54, 1.807) is 0 Å². The van der Waals surface area contributed by atoms with Crippen LogP contribution in [-0.2, 0) is 11.3 Å². The molecular weight excluding hydrogens is 398 g/mol. The normalized spacial score (nSPS) is 15.4. The highest BCUT2D eigenvalue weighted by molar-refractivity contribution is 5.74. The summed E-state index contributed by atoms with van der Waals surface area (Å²) in [6.07, 6.45) is 3.94. The van der Waals surface area contributed by atoms with Gasteiger partial charge in [0.15, 0.2) is 0 Å². The van der Waals surface area contributed by atoms with Gasteiger partial charge in [-0.05, 0) is 50.7 Å². The molecule has 2 aromatic carbocycles. The van der Waals surface area contributed by atoms with E-state index in [9.17, 15) is 0 Å². The predicted octanol–water partition coefficient (Wildman–Crippen LogP) is 4.19. The minimum Gasteiger partial charge on any atom is -0.368 e. The Bertz CT molecular complexity index is 1090. The van der Waals surface area contributed by atoms with E-state index in [0.29, 0.717) is 12.6 Å². The molecule has 0 spiro atoms. The van der Waals surface area contributed by atoms with Crippen molar-refractivity contribution in [1.82, 2.24) is 20.3 Å². The fourth-order valence-electron chi connectivity index (χ4n) is 4.27. The van der Waals surface area contributed by atoms with Gasteiger partial charge < -0.3 is 10.6 Å². The highest BCUT2D eigenvalue weighted by atomic mass is 16.6. The Kier molecular flexibility index (Phi) is 6.83. The van der Waals surface area contributed by atoms with Gasteiger partial charge in [-0.2, -0.15) is 0 Å². The second-order valence-electron chi connectivity index (χ2n) is 8.44. The third-order valence-corrected chi connectivity index (χ3v) is 5.71. The number of hydrogen-bond donors (Lipinski definition) is 2. The Morgan fingerprint density at radius 2 is 1.81 bits per heavy atom. The third-order valence-electron chi connectivity index (χ3n) is 5.71. The van der Waals surface area contributed by atoms with Crippen molar-refractivity contribution in [2.75, 3.05) is 33.0 Å². The topological polar surface area (TPSA) is 76.3 Å². The first-order valence-electron chi connectivity index (χ1n) is 11.0. The summed E-state index contributed by atoms with van der Waals surface area (Å²) in [6, 6.07) is 19.0. The Labute approximate surface area is 190 Å². The number of anilines is 1. The van der Waals surface area contributed by atoms with E-state index in [4.69, 9.17) is 10.6 Å². The summed E-state index contributed by atoms with van der Waals surface area (Å²) in [4.78, 5) is 17.0. The largest absolute Gasteiger partial charge is 0.368 e. The van der Waals surface area contributed by atoms with Gasteiger partial charge in [0, 0.05) is 17.9 Å². The number of rotatable bonds is 8. The highest BCUT2D eigenvalue weighted by Crippen LogP contribution is 2.38. The van der Waals surface area contributed by atoms with E-state index in [1.165, 1.54) is 16.7 Å². The molecule has 0 aliphatic heterocycles. The quantitative estimate of drug-likeness (QED) is 0.413. The Balaban J connectivity index is 1.67. The van der Waals surface area contributed by atoms with E-state index < -0.39 is 0 Å². The van der Waals surface area contributed by atoms with Crippen LogP contribution >= 0.6 is 0 Å². The van der Waals surface area contributed by atoms with Crippen LogP contribution in [0.5, 0.6) is 0 Å². The maximum Gasteiger partial charge on any atom is 0.220 e. The number of benzene rings is 2. The lowest BCUT2D eigenvalue weighted by Gasteiger charge is -2.27. The van der Waals surface area contributed by atoms with Crippen LogP contribution in [0.3, 0.4) is 0 Å². The first-order valence-corrected chi connectivity index (χ1v) is 11.0. The Morgan fingerprint density at radius 3 is 2.59 bits per heavy atom. The molecule has 6 nitrogen and oxygen atoms in total. The van der Waals surface area contributed by atoms with Crippen molar-refractivity contribution in [3.05, 3.63) is 83.2 Å². The van der Waals surface area contributed by atoms with Gasteiger partial charge in [-0.3, -0.25) is 10.3 Å². The number of hydrogen-bond acceptors (Lipinski definition) is 6. The number of aryl methyl sites for hydroxylation is 1. The number of nitrogens with zero attached hydrogens (tertiary/aromatic N) is 3. The first-order chi connectivity index (χ1) is 15.5. The molecule has 0 amide bonds. The van der Waals surface area contributed by atoms with Gasteiger partial charge in [0.2, 0.25) is 5.95 Å². The van der Waals surface area contributed by atoms with Crippen molar-refractivity contribution in [3.63, 3.8) is 0 Å². The van der Waals surface area contributed by atoms with Gasteiger partial charge in [-0.15, -0.1) is 0 Å². The maximum absolute atomic E-state index is 6.00. The summed E-state index contributed by atoms with van der Waals surface area (Å²) in [5.74, 6) is 0.449. The lowest BCUT2D eigenvalue weighted by atomic mass is 9.82. The second-order valence-corrected chi connectivity index (χ2v) is 8.44. The number of hydroxylamine groups is 1. The average molecular weight is 430 g/mol. The molecule has 0 fully saturated rings. The molecule has 1 aliphatic rings. The molecular formula is C26H31N5O. The lowest BCUT2D eigenvalue weighted by molar-refractivity contribution is 0.0721. The molecule has 0 bridgehead atoms. The molecule has 32 heavy (non-hydrogen) atoms. The maximum atomic E-state index is 6.00. The fourth-order valence-corrected chi connectivity index (χ4v) is 4.27. The van der Waals surface area contributed by atoms with Gasteiger partial charge >= 0.3 is 0 Å². The summed E-state index contributed by atoms with van der Waals surface area (Å²) in [7, 11) is 4.13. The van der Waals surface area contributed by atoms with Gasteiger partial charge in [-0.1, -0.05) is 60.7 Å². The van der Waals surface area contributed by atoms with Crippen LogP contribution in [0.4, 0.5) is 5.95 Å². The van der Waals surface area contributed by atoms with Crippen molar-refractivity contribution < 1.29 is 4.84 Å². The summed E-state index contributed by atoms with van der Waals surface area (Å²) in [5, 5.41) is 0. The molecule has 0 radical (unpaired) electrons. The van der Waals surface area contributed by atoms with Gasteiger partial charge in [-0.25, -0.2) is 9.97 Å². The molecule has 1 atom stereocenters. The predicted molar refractivity (Wildman–Crippen MR) is 130 cm³/mol. The average Bonchev–Trinajstić information content (AvgIpc) is 2.78. The molecule has 3 aromatic rings. The van der Waals surface area contributed by atoms with Crippen molar-refractivity contribution in [1.29, 1.82) is 0 Å². The Hall–Kier alpha value is -3.22. The van der Waals surface area contributed by atoms with Crippen molar-refractivity contribution in [3.8, 4) is 11.1 Å². The summed E-state index contributed by atoms with van der Waals surface area (Å²) < 4.78 is 0. The van der Waals surface area contributed by atoms with E-state index in [-0.39, 0.29) is 5.92 Å². The van der Waals surface area contributed by atoms with Gasteiger partial charge in [0.1, 0.15) is 0 Å².